The van der Waals surface area contributed by atoms with Crippen molar-refractivity contribution in [2.45, 2.75) is 44.9 Å². The number of hydrogen-bond acceptors (Lipinski definition) is 1. The number of rotatable bonds is 2. The van der Waals surface area contributed by atoms with E-state index < -0.39 is 0 Å². The summed E-state index contributed by atoms with van der Waals surface area (Å²) in [5, 5.41) is 0. The Kier molecular flexibility index (Phi) is 4.74. The third-order valence-corrected chi connectivity index (χ3v) is 5.99. The zero-order chi connectivity index (χ0) is 18.8. The highest BCUT2D eigenvalue weighted by molar-refractivity contribution is 5.63. The first-order valence-corrected chi connectivity index (χ1v) is 10.5. The van der Waals surface area contributed by atoms with E-state index in [1.54, 1.807) is 0 Å². The molecule has 2 aliphatic carbocycles. The SMILES string of the molecule is C(=C1CCCC2=C1OC1=C(CCCC1=Cc1ccccc1)C2)c1ccccc1. The molecule has 28 heavy (non-hydrogen) atoms. The van der Waals surface area contributed by atoms with Crippen LogP contribution in [-0.4, -0.2) is 0 Å². The van der Waals surface area contributed by atoms with Crippen molar-refractivity contribution < 1.29 is 4.74 Å². The van der Waals surface area contributed by atoms with Crippen molar-refractivity contribution >= 4 is 12.2 Å². The molecule has 1 nitrogen and oxygen atoms in total. The lowest BCUT2D eigenvalue weighted by atomic mass is 9.82. The van der Waals surface area contributed by atoms with Gasteiger partial charge in [-0.05, 0) is 90.5 Å². The molecular weight excluding hydrogens is 340 g/mol. The first-order chi connectivity index (χ1) is 13.9. The molecule has 0 saturated heterocycles. The largest absolute Gasteiger partial charge is 0.457 e. The highest BCUT2D eigenvalue weighted by Gasteiger charge is 2.30. The molecule has 1 heteroatoms. The maximum Gasteiger partial charge on any atom is 0.130 e. The Hall–Kier alpha value is -2.80. The van der Waals surface area contributed by atoms with Crippen molar-refractivity contribution in [3.63, 3.8) is 0 Å². The summed E-state index contributed by atoms with van der Waals surface area (Å²) in [6.45, 7) is 0. The first-order valence-electron chi connectivity index (χ1n) is 10.5. The topological polar surface area (TPSA) is 9.23 Å². The summed E-state index contributed by atoms with van der Waals surface area (Å²) < 4.78 is 6.69. The molecule has 0 N–H and O–H groups in total. The van der Waals surface area contributed by atoms with Gasteiger partial charge in [-0.3, -0.25) is 0 Å². The lowest BCUT2D eigenvalue weighted by molar-refractivity contribution is 0.282. The fourth-order valence-corrected chi connectivity index (χ4v) is 4.64. The van der Waals surface area contributed by atoms with E-state index >= 15 is 0 Å². The van der Waals surface area contributed by atoms with E-state index in [4.69, 9.17) is 4.74 Å². The predicted molar refractivity (Wildman–Crippen MR) is 116 cm³/mol. The van der Waals surface area contributed by atoms with Gasteiger partial charge in [0.05, 0.1) is 0 Å². The van der Waals surface area contributed by atoms with Gasteiger partial charge in [-0.25, -0.2) is 0 Å². The number of ether oxygens (including phenoxy) is 1. The Morgan fingerprint density at radius 1 is 0.571 bits per heavy atom. The summed E-state index contributed by atoms with van der Waals surface area (Å²) in [4.78, 5) is 0. The molecule has 0 spiro atoms. The van der Waals surface area contributed by atoms with Gasteiger partial charge in [0.25, 0.3) is 0 Å². The zero-order valence-electron chi connectivity index (χ0n) is 16.3. The van der Waals surface area contributed by atoms with Gasteiger partial charge in [0.1, 0.15) is 11.5 Å². The molecule has 0 fully saturated rings. The summed E-state index contributed by atoms with van der Waals surface area (Å²) in [5.41, 5.74) is 8.27. The van der Waals surface area contributed by atoms with Gasteiger partial charge < -0.3 is 4.74 Å². The molecule has 0 saturated carbocycles. The van der Waals surface area contributed by atoms with Gasteiger partial charge in [-0.1, -0.05) is 60.7 Å². The third-order valence-electron chi connectivity index (χ3n) is 5.99. The highest BCUT2D eigenvalue weighted by Crippen LogP contribution is 2.46. The fraction of sp³-hybridized carbons (Fsp3) is 0.259. The standard InChI is InChI=1S/C27H26O/c1-3-9-20(10-4-1)17-22-13-7-15-24-19-25-16-8-14-23(27(25)28-26(22)24)18-21-11-5-2-6-12-21/h1-6,9-12,17-18H,7-8,13-16,19H2. The van der Waals surface area contributed by atoms with Crippen LogP contribution in [0.2, 0.25) is 0 Å². The van der Waals surface area contributed by atoms with Crippen LogP contribution in [0.25, 0.3) is 12.2 Å². The summed E-state index contributed by atoms with van der Waals surface area (Å²) >= 11 is 0. The van der Waals surface area contributed by atoms with Crippen molar-refractivity contribution in [2.24, 2.45) is 0 Å². The molecule has 5 rings (SSSR count). The number of benzene rings is 2. The van der Waals surface area contributed by atoms with E-state index in [1.807, 2.05) is 0 Å². The third kappa shape index (κ3) is 3.49. The van der Waals surface area contributed by atoms with Gasteiger partial charge in [0.15, 0.2) is 0 Å². The molecule has 2 aromatic rings. The first kappa shape index (κ1) is 17.3. The molecular formula is C27H26O. The maximum absolute atomic E-state index is 6.69. The molecule has 0 aromatic heterocycles. The van der Waals surface area contributed by atoms with E-state index in [2.05, 4.69) is 72.8 Å². The van der Waals surface area contributed by atoms with Crippen LogP contribution >= 0.6 is 0 Å². The molecule has 3 aliphatic rings. The fourth-order valence-electron chi connectivity index (χ4n) is 4.64. The normalized spacial score (nSPS) is 22.1. The zero-order valence-corrected chi connectivity index (χ0v) is 16.3. The lowest BCUT2D eigenvalue weighted by Gasteiger charge is -2.34. The Morgan fingerprint density at radius 2 is 1.04 bits per heavy atom. The lowest BCUT2D eigenvalue weighted by Crippen LogP contribution is -2.17. The smallest absolute Gasteiger partial charge is 0.130 e. The Labute approximate surface area is 167 Å². The summed E-state index contributed by atoms with van der Waals surface area (Å²) in [6.07, 6.45) is 12.8. The van der Waals surface area contributed by atoms with Crippen molar-refractivity contribution in [1.82, 2.24) is 0 Å². The Morgan fingerprint density at radius 3 is 1.50 bits per heavy atom. The van der Waals surface area contributed by atoms with Gasteiger partial charge >= 0.3 is 0 Å². The van der Waals surface area contributed by atoms with Crippen molar-refractivity contribution in [1.29, 1.82) is 0 Å². The Bertz CT molecular complexity index is 906. The van der Waals surface area contributed by atoms with Gasteiger partial charge in [0.2, 0.25) is 0 Å². The molecule has 1 heterocycles. The van der Waals surface area contributed by atoms with Gasteiger partial charge in [-0.15, -0.1) is 0 Å². The van der Waals surface area contributed by atoms with Crippen LogP contribution in [0.3, 0.4) is 0 Å². The highest BCUT2D eigenvalue weighted by atomic mass is 16.5. The van der Waals surface area contributed by atoms with Crippen molar-refractivity contribution in [3.05, 3.63) is 106 Å². The van der Waals surface area contributed by atoms with Crippen molar-refractivity contribution in [2.75, 3.05) is 0 Å². The van der Waals surface area contributed by atoms with Crippen LogP contribution in [0.1, 0.15) is 56.1 Å². The van der Waals surface area contributed by atoms with Gasteiger partial charge in [0, 0.05) is 0 Å². The van der Waals surface area contributed by atoms with E-state index in [9.17, 15) is 0 Å². The van der Waals surface area contributed by atoms with Crippen LogP contribution in [-0.2, 0) is 4.74 Å². The molecule has 0 amide bonds. The molecule has 2 aromatic carbocycles. The van der Waals surface area contributed by atoms with Crippen LogP contribution < -0.4 is 0 Å². The second kappa shape index (κ2) is 7.67. The molecule has 0 bridgehead atoms. The Balaban J connectivity index is 1.49. The van der Waals surface area contributed by atoms with Crippen LogP contribution in [0, 0.1) is 0 Å². The molecule has 0 atom stereocenters. The predicted octanol–water partition coefficient (Wildman–Crippen LogP) is 7.45. The van der Waals surface area contributed by atoms with E-state index in [1.165, 1.54) is 59.1 Å². The van der Waals surface area contributed by atoms with Crippen LogP contribution in [0.15, 0.2) is 94.5 Å². The quantitative estimate of drug-likeness (QED) is 0.536. The number of allylic oxidation sites excluding steroid dienone is 4. The van der Waals surface area contributed by atoms with E-state index in [0.29, 0.717) is 0 Å². The second-order valence-corrected chi connectivity index (χ2v) is 8.01. The van der Waals surface area contributed by atoms with Crippen LogP contribution in [0.5, 0.6) is 0 Å². The summed E-state index contributed by atoms with van der Waals surface area (Å²) in [5.74, 6) is 2.32. The molecule has 1 aliphatic heterocycles. The minimum Gasteiger partial charge on any atom is -0.457 e. The minimum atomic E-state index is 1.10. The second-order valence-electron chi connectivity index (χ2n) is 8.01. The van der Waals surface area contributed by atoms with E-state index in [-0.39, 0.29) is 0 Å². The summed E-state index contributed by atoms with van der Waals surface area (Å²) in [6, 6.07) is 21.3. The minimum absolute atomic E-state index is 1.10. The molecule has 140 valence electrons. The average molecular weight is 367 g/mol. The molecule has 0 unspecified atom stereocenters. The number of hydrogen-bond donors (Lipinski definition) is 0. The monoisotopic (exact) mass is 366 g/mol. The average Bonchev–Trinajstić information content (AvgIpc) is 2.75. The maximum atomic E-state index is 6.69. The molecule has 0 radical (unpaired) electrons. The van der Waals surface area contributed by atoms with Gasteiger partial charge in [-0.2, -0.15) is 0 Å². The van der Waals surface area contributed by atoms with Crippen molar-refractivity contribution in [3.8, 4) is 0 Å². The van der Waals surface area contributed by atoms with E-state index in [0.717, 1.165) is 30.8 Å². The van der Waals surface area contributed by atoms with Crippen LogP contribution in [0.4, 0.5) is 0 Å². The summed E-state index contributed by atoms with van der Waals surface area (Å²) in [7, 11) is 0.